The van der Waals surface area contributed by atoms with Crippen LogP contribution in [-0.2, 0) is 0 Å². The van der Waals surface area contributed by atoms with E-state index in [2.05, 4.69) is 33.8 Å². The number of guanidine groups is 1. The van der Waals surface area contributed by atoms with Gasteiger partial charge in [0.1, 0.15) is 5.75 Å². The van der Waals surface area contributed by atoms with E-state index in [1.54, 1.807) is 0 Å². The van der Waals surface area contributed by atoms with Crippen molar-refractivity contribution in [2.45, 2.75) is 39.1 Å². The number of hydrogen-bond donors (Lipinski definition) is 2. The summed E-state index contributed by atoms with van der Waals surface area (Å²) in [6.45, 7) is 7.14. The Morgan fingerprint density at radius 1 is 1.36 bits per heavy atom. The molecule has 1 saturated heterocycles. The summed E-state index contributed by atoms with van der Waals surface area (Å²) < 4.78 is 40.2. The molecule has 8 heteroatoms. The lowest BCUT2D eigenvalue weighted by molar-refractivity contribution is -0.274. The van der Waals surface area contributed by atoms with Gasteiger partial charge in [0.25, 0.3) is 0 Å². The number of anilines is 1. The first-order valence-electron chi connectivity index (χ1n) is 8.40. The van der Waals surface area contributed by atoms with Crippen LogP contribution in [0.15, 0.2) is 29.3 Å². The van der Waals surface area contributed by atoms with Gasteiger partial charge in [-0.2, -0.15) is 0 Å². The molecule has 1 atom stereocenters. The average Bonchev–Trinajstić information content (AvgIpc) is 2.92. The van der Waals surface area contributed by atoms with Crippen LogP contribution in [0.4, 0.5) is 18.9 Å². The third kappa shape index (κ3) is 6.81. The Labute approximate surface area is 146 Å². The third-order valence-corrected chi connectivity index (χ3v) is 3.93. The third-order valence-electron chi connectivity index (χ3n) is 3.93. The van der Waals surface area contributed by atoms with Gasteiger partial charge in [0, 0.05) is 18.3 Å². The summed E-state index contributed by atoms with van der Waals surface area (Å²) in [5.41, 5.74) is 6.44. The zero-order chi connectivity index (χ0) is 18.4. The van der Waals surface area contributed by atoms with Crippen molar-refractivity contribution >= 4 is 11.6 Å². The maximum absolute atomic E-state index is 12.1. The summed E-state index contributed by atoms with van der Waals surface area (Å²) in [6, 6.07) is 5.77. The van der Waals surface area contributed by atoms with Gasteiger partial charge in [0.2, 0.25) is 0 Å². The van der Waals surface area contributed by atoms with Crippen LogP contribution in [0.5, 0.6) is 5.75 Å². The largest absolute Gasteiger partial charge is 0.573 e. The molecule has 0 radical (unpaired) electrons. The summed E-state index contributed by atoms with van der Waals surface area (Å²) in [5.74, 6) is 0.585. The first-order valence-corrected chi connectivity index (χ1v) is 8.40. The maximum Gasteiger partial charge on any atom is 0.573 e. The number of hydrogen-bond acceptors (Lipinski definition) is 3. The number of likely N-dealkylation sites (tertiary alicyclic amines) is 1. The summed E-state index contributed by atoms with van der Waals surface area (Å²) in [4.78, 5) is 6.81. The molecule has 3 N–H and O–H groups in total. The minimum atomic E-state index is -4.70. The van der Waals surface area contributed by atoms with E-state index < -0.39 is 6.36 Å². The van der Waals surface area contributed by atoms with Crippen LogP contribution in [0.25, 0.3) is 0 Å². The number of nitrogens with zero attached hydrogens (tertiary/aromatic N) is 2. The van der Waals surface area contributed by atoms with Gasteiger partial charge in [-0.1, -0.05) is 13.8 Å². The molecule has 0 bridgehead atoms. The van der Waals surface area contributed by atoms with Crippen LogP contribution in [0.1, 0.15) is 26.7 Å². The van der Waals surface area contributed by atoms with Gasteiger partial charge < -0.3 is 15.8 Å². The van der Waals surface area contributed by atoms with Crippen molar-refractivity contribution in [3.05, 3.63) is 24.3 Å². The summed E-state index contributed by atoms with van der Waals surface area (Å²) in [7, 11) is 0. The molecule has 5 nitrogen and oxygen atoms in total. The molecule has 2 rings (SSSR count). The lowest BCUT2D eigenvalue weighted by Crippen LogP contribution is -2.35. The fourth-order valence-corrected chi connectivity index (χ4v) is 2.94. The Hall–Kier alpha value is -1.96. The fraction of sp³-hybridized carbons (Fsp3) is 0.588. The highest BCUT2D eigenvalue weighted by molar-refractivity contribution is 5.92. The van der Waals surface area contributed by atoms with Crippen molar-refractivity contribution < 1.29 is 17.9 Å². The number of benzene rings is 1. The average molecular weight is 358 g/mol. The molecule has 0 unspecified atom stereocenters. The number of rotatable bonds is 6. The molecular weight excluding hydrogens is 333 g/mol. The van der Waals surface area contributed by atoms with E-state index in [4.69, 9.17) is 5.73 Å². The molecule has 0 aliphatic carbocycles. The molecule has 1 aromatic carbocycles. The normalized spacial score (nSPS) is 19.4. The van der Waals surface area contributed by atoms with Crippen molar-refractivity contribution in [1.29, 1.82) is 0 Å². The van der Waals surface area contributed by atoms with E-state index in [9.17, 15) is 13.2 Å². The van der Waals surface area contributed by atoms with Crippen LogP contribution in [0, 0.1) is 5.92 Å². The predicted octanol–water partition coefficient (Wildman–Crippen LogP) is 3.43. The quantitative estimate of drug-likeness (QED) is 0.604. The highest BCUT2D eigenvalue weighted by Gasteiger charge is 2.31. The lowest BCUT2D eigenvalue weighted by atomic mass is 10.2. The van der Waals surface area contributed by atoms with Gasteiger partial charge in [0.15, 0.2) is 5.96 Å². The van der Waals surface area contributed by atoms with E-state index >= 15 is 0 Å². The summed E-state index contributed by atoms with van der Waals surface area (Å²) in [5, 5.41) is 2.88. The van der Waals surface area contributed by atoms with Crippen molar-refractivity contribution in [3.63, 3.8) is 0 Å². The van der Waals surface area contributed by atoms with Gasteiger partial charge in [-0.15, -0.1) is 13.2 Å². The molecule has 1 fully saturated rings. The Kier molecular flexibility index (Phi) is 6.52. The molecule has 0 saturated carbocycles. The van der Waals surface area contributed by atoms with Crippen LogP contribution in [-0.4, -0.2) is 42.9 Å². The topological polar surface area (TPSA) is 62.9 Å². The number of ether oxygens (including phenoxy) is 1. The van der Waals surface area contributed by atoms with E-state index in [-0.39, 0.29) is 11.7 Å². The zero-order valence-corrected chi connectivity index (χ0v) is 14.5. The Morgan fingerprint density at radius 2 is 2.04 bits per heavy atom. The van der Waals surface area contributed by atoms with Crippen LogP contribution in [0.3, 0.4) is 0 Å². The predicted molar refractivity (Wildman–Crippen MR) is 92.7 cm³/mol. The second kappa shape index (κ2) is 8.42. The minimum absolute atomic E-state index is 0.251. The first-order chi connectivity index (χ1) is 11.7. The maximum atomic E-state index is 12.1. The molecule has 140 valence electrons. The Morgan fingerprint density at radius 3 is 2.64 bits per heavy atom. The van der Waals surface area contributed by atoms with Crippen molar-refractivity contribution in [2.75, 3.05) is 25.0 Å². The molecule has 1 aromatic rings. The lowest BCUT2D eigenvalue weighted by Gasteiger charge is -2.24. The summed E-state index contributed by atoms with van der Waals surface area (Å²) in [6.07, 6.45) is -2.42. The van der Waals surface area contributed by atoms with E-state index in [0.717, 1.165) is 19.5 Å². The zero-order valence-electron chi connectivity index (χ0n) is 14.5. The second-order valence-electron chi connectivity index (χ2n) is 6.61. The number of halogens is 3. The SMILES string of the molecule is CC(C)CN1CCC[C@@H]1CN=C(N)Nc1ccc(OC(F)(F)F)cc1. The van der Waals surface area contributed by atoms with Crippen molar-refractivity contribution in [3.8, 4) is 5.75 Å². The Bertz CT molecular complexity index is 572. The molecule has 0 spiro atoms. The monoisotopic (exact) mass is 358 g/mol. The van der Waals surface area contributed by atoms with Crippen molar-refractivity contribution in [1.82, 2.24) is 4.90 Å². The fourth-order valence-electron chi connectivity index (χ4n) is 2.94. The van der Waals surface area contributed by atoms with Crippen LogP contribution in [0.2, 0.25) is 0 Å². The molecule has 1 aliphatic rings. The summed E-state index contributed by atoms with van der Waals surface area (Å²) >= 11 is 0. The van der Waals surface area contributed by atoms with Crippen LogP contribution < -0.4 is 15.8 Å². The van der Waals surface area contributed by atoms with Gasteiger partial charge >= 0.3 is 6.36 Å². The van der Waals surface area contributed by atoms with Gasteiger partial charge in [0.05, 0.1) is 6.54 Å². The molecule has 25 heavy (non-hydrogen) atoms. The van der Waals surface area contributed by atoms with E-state index in [1.165, 1.54) is 30.7 Å². The van der Waals surface area contributed by atoms with E-state index in [0.29, 0.717) is 24.2 Å². The smallest absolute Gasteiger partial charge is 0.406 e. The first kappa shape index (κ1) is 19.4. The van der Waals surface area contributed by atoms with Crippen LogP contribution >= 0.6 is 0 Å². The van der Waals surface area contributed by atoms with Gasteiger partial charge in [-0.05, 0) is 49.6 Å². The number of aliphatic imine (C=N–C) groups is 1. The molecular formula is C17H25F3N4O. The van der Waals surface area contributed by atoms with E-state index in [1.807, 2.05) is 0 Å². The van der Waals surface area contributed by atoms with Crippen molar-refractivity contribution in [2.24, 2.45) is 16.6 Å². The minimum Gasteiger partial charge on any atom is -0.406 e. The molecule has 1 aliphatic heterocycles. The Balaban J connectivity index is 1.86. The highest BCUT2D eigenvalue weighted by atomic mass is 19.4. The molecule has 0 aromatic heterocycles. The standard InChI is InChI=1S/C17H25F3N4O/c1-12(2)11-24-9-3-4-14(24)10-22-16(21)23-13-5-7-15(8-6-13)25-17(18,19)20/h5-8,12,14H,3-4,9-11H2,1-2H3,(H3,21,22,23)/t14-/m1/s1. The molecule has 1 heterocycles. The number of nitrogens with two attached hydrogens (primary N) is 1. The van der Waals surface area contributed by atoms with Gasteiger partial charge in [-0.25, -0.2) is 0 Å². The van der Waals surface area contributed by atoms with Gasteiger partial charge in [-0.3, -0.25) is 9.89 Å². The number of nitrogens with one attached hydrogen (secondary N) is 1. The number of alkyl halides is 3. The second-order valence-corrected chi connectivity index (χ2v) is 6.61. The molecule has 0 amide bonds. The highest BCUT2D eigenvalue weighted by Crippen LogP contribution is 2.24.